The Labute approximate surface area is 118 Å². The quantitative estimate of drug-likeness (QED) is 0.703. The van der Waals surface area contributed by atoms with E-state index in [0.717, 1.165) is 24.6 Å². The summed E-state index contributed by atoms with van der Waals surface area (Å²) in [6, 6.07) is 10.3. The molecule has 0 radical (unpaired) electrons. The van der Waals surface area contributed by atoms with Crippen molar-refractivity contribution in [1.29, 1.82) is 0 Å². The van der Waals surface area contributed by atoms with Crippen LogP contribution in [0, 0.1) is 17.7 Å². The number of fused-ring (bicyclic) bond motifs is 1. The fourth-order valence-corrected chi connectivity index (χ4v) is 3.37. The lowest BCUT2D eigenvalue weighted by Crippen LogP contribution is -2.22. The Morgan fingerprint density at radius 1 is 1.10 bits per heavy atom. The summed E-state index contributed by atoms with van der Waals surface area (Å²) < 4.78 is 13.8. The van der Waals surface area contributed by atoms with Crippen LogP contribution in [0.25, 0.3) is 10.8 Å². The Morgan fingerprint density at radius 3 is 2.60 bits per heavy atom. The third-order valence-corrected chi connectivity index (χ3v) is 4.44. The number of carbonyl (C=O) groups is 1. The average Bonchev–Trinajstić information content (AvgIpc) is 2.47. The van der Waals surface area contributed by atoms with Gasteiger partial charge in [-0.15, -0.1) is 0 Å². The third-order valence-electron chi connectivity index (χ3n) is 4.44. The summed E-state index contributed by atoms with van der Waals surface area (Å²) >= 11 is 0. The van der Waals surface area contributed by atoms with Gasteiger partial charge in [0.1, 0.15) is 5.82 Å². The minimum absolute atomic E-state index is 0.104. The van der Waals surface area contributed by atoms with Gasteiger partial charge in [-0.2, -0.15) is 0 Å². The molecule has 20 heavy (non-hydrogen) atoms. The van der Waals surface area contributed by atoms with Crippen LogP contribution in [-0.4, -0.2) is 5.78 Å². The number of Topliss-reactive ketones (excluding diaryl/α,β-unsaturated/α-hetero) is 1. The van der Waals surface area contributed by atoms with Gasteiger partial charge in [0, 0.05) is 16.9 Å². The lowest BCUT2D eigenvalue weighted by Gasteiger charge is -2.26. The zero-order valence-electron chi connectivity index (χ0n) is 11.7. The lowest BCUT2D eigenvalue weighted by atomic mass is 9.78. The van der Waals surface area contributed by atoms with Crippen molar-refractivity contribution in [2.45, 2.75) is 32.6 Å². The molecule has 0 N–H and O–H groups in total. The van der Waals surface area contributed by atoms with Crippen molar-refractivity contribution in [3.8, 4) is 0 Å². The van der Waals surface area contributed by atoms with Gasteiger partial charge < -0.3 is 0 Å². The number of halogens is 1. The number of ketones is 1. The maximum absolute atomic E-state index is 13.8. The van der Waals surface area contributed by atoms with Crippen LogP contribution in [0.2, 0.25) is 0 Å². The highest BCUT2D eigenvalue weighted by Crippen LogP contribution is 2.33. The Hall–Kier alpha value is -1.70. The van der Waals surface area contributed by atoms with Gasteiger partial charge in [0.2, 0.25) is 0 Å². The number of rotatable bonds is 2. The van der Waals surface area contributed by atoms with E-state index in [-0.39, 0.29) is 17.5 Å². The normalized spacial score (nSPS) is 22.9. The molecule has 0 spiro atoms. The molecule has 1 fully saturated rings. The minimum atomic E-state index is -0.255. The first-order chi connectivity index (χ1) is 9.66. The van der Waals surface area contributed by atoms with Gasteiger partial charge in [0.25, 0.3) is 0 Å². The number of benzene rings is 2. The van der Waals surface area contributed by atoms with Gasteiger partial charge in [-0.25, -0.2) is 4.39 Å². The maximum Gasteiger partial charge on any atom is 0.166 e. The van der Waals surface area contributed by atoms with Crippen LogP contribution in [0.15, 0.2) is 36.4 Å². The summed E-state index contributed by atoms with van der Waals surface area (Å²) in [5, 5.41) is 1.29. The van der Waals surface area contributed by atoms with E-state index in [1.54, 1.807) is 12.1 Å². The van der Waals surface area contributed by atoms with E-state index < -0.39 is 0 Å². The van der Waals surface area contributed by atoms with Crippen molar-refractivity contribution in [3.63, 3.8) is 0 Å². The molecular formula is C18H19FO. The van der Waals surface area contributed by atoms with Crippen molar-refractivity contribution in [2.75, 3.05) is 0 Å². The second kappa shape index (κ2) is 5.35. The third kappa shape index (κ3) is 2.35. The van der Waals surface area contributed by atoms with Crippen molar-refractivity contribution in [1.82, 2.24) is 0 Å². The highest BCUT2D eigenvalue weighted by molar-refractivity contribution is 6.09. The zero-order chi connectivity index (χ0) is 14.1. The zero-order valence-corrected chi connectivity index (χ0v) is 11.7. The molecule has 2 atom stereocenters. The van der Waals surface area contributed by atoms with Crippen molar-refractivity contribution in [2.24, 2.45) is 11.8 Å². The predicted octanol–water partition coefficient (Wildman–Crippen LogP) is 4.99. The Morgan fingerprint density at radius 2 is 1.85 bits per heavy atom. The summed E-state index contributed by atoms with van der Waals surface area (Å²) in [5.41, 5.74) is 0.682. The molecule has 2 aromatic carbocycles. The molecule has 1 nitrogen and oxygen atoms in total. The second-order valence-corrected chi connectivity index (χ2v) is 5.97. The summed E-state index contributed by atoms with van der Waals surface area (Å²) in [6.07, 6.45) is 4.27. The Balaban J connectivity index is 2.01. The van der Waals surface area contributed by atoms with Gasteiger partial charge in [-0.1, -0.05) is 44.0 Å². The van der Waals surface area contributed by atoms with Crippen LogP contribution < -0.4 is 0 Å². The summed E-state index contributed by atoms with van der Waals surface area (Å²) in [4.78, 5) is 12.7. The molecule has 1 aliphatic rings. The minimum Gasteiger partial charge on any atom is -0.294 e. The largest absolute Gasteiger partial charge is 0.294 e. The van der Waals surface area contributed by atoms with E-state index >= 15 is 0 Å². The molecule has 0 saturated heterocycles. The van der Waals surface area contributed by atoms with Gasteiger partial charge in [0.15, 0.2) is 5.78 Å². The molecule has 2 heteroatoms. The topological polar surface area (TPSA) is 17.1 Å². The smallest absolute Gasteiger partial charge is 0.166 e. The lowest BCUT2D eigenvalue weighted by molar-refractivity contribution is 0.0870. The van der Waals surface area contributed by atoms with Crippen LogP contribution in [0.1, 0.15) is 43.0 Å². The summed E-state index contributed by atoms with van der Waals surface area (Å²) in [7, 11) is 0. The maximum atomic E-state index is 13.8. The van der Waals surface area contributed by atoms with Gasteiger partial charge >= 0.3 is 0 Å². The SMILES string of the molecule is CC1CCCC(C(=O)c2ccc(F)c3ccccc23)C1. The van der Waals surface area contributed by atoms with Crippen LogP contribution in [0.5, 0.6) is 0 Å². The first-order valence-corrected chi connectivity index (χ1v) is 7.38. The molecule has 2 aromatic rings. The summed E-state index contributed by atoms with van der Waals surface area (Å²) in [5.74, 6) is 0.652. The highest BCUT2D eigenvalue weighted by atomic mass is 19.1. The van der Waals surface area contributed by atoms with Crippen molar-refractivity contribution >= 4 is 16.6 Å². The van der Waals surface area contributed by atoms with Crippen LogP contribution >= 0.6 is 0 Å². The molecule has 0 amide bonds. The molecule has 2 unspecified atom stereocenters. The van der Waals surface area contributed by atoms with E-state index in [0.29, 0.717) is 16.9 Å². The van der Waals surface area contributed by atoms with E-state index in [2.05, 4.69) is 6.92 Å². The monoisotopic (exact) mass is 270 g/mol. The number of hydrogen-bond acceptors (Lipinski definition) is 1. The molecular weight excluding hydrogens is 251 g/mol. The van der Waals surface area contributed by atoms with Crippen LogP contribution in [-0.2, 0) is 0 Å². The van der Waals surface area contributed by atoms with Crippen LogP contribution in [0.4, 0.5) is 4.39 Å². The van der Waals surface area contributed by atoms with Crippen molar-refractivity contribution < 1.29 is 9.18 Å². The number of hydrogen-bond donors (Lipinski definition) is 0. The van der Waals surface area contributed by atoms with E-state index in [9.17, 15) is 9.18 Å². The average molecular weight is 270 g/mol. The molecule has 1 aliphatic carbocycles. The van der Waals surface area contributed by atoms with E-state index in [1.807, 2.05) is 18.2 Å². The molecule has 3 rings (SSSR count). The van der Waals surface area contributed by atoms with Gasteiger partial charge in [-0.05, 0) is 36.3 Å². The standard InChI is InChI=1S/C18H19FO/c1-12-5-4-6-13(11-12)18(20)16-9-10-17(19)15-8-3-2-7-14(15)16/h2-3,7-10,12-13H,4-6,11H2,1H3. The Kier molecular flexibility index (Phi) is 3.56. The number of carbonyl (C=O) groups excluding carboxylic acids is 1. The van der Waals surface area contributed by atoms with E-state index in [1.165, 1.54) is 12.5 Å². The second-order valence-electron chi connectivity index (χ2n) is 5.97. The van der Waals surface area contributed by atoms with Crippen molar-refractivity contribution in [3.05, 3.63) is 47.8 Å². The highest BCUT2D eigenvalue weighted by Gasteiger charge is 2.27. The predicted molar refractivity (Wildman–Crippen MR) is 79.4 cm³/mol. The molecule has 104 valence electrons. The molecule has 0 heterocycles. The summed E-state index contributed by atoms with van der Waals surface area (Å²) in [6.45, 7) is 2.21. The fourth-order valence-electron chi connectivity index (χ4n) is 3.37. The first-order valence-electron chi connectivity index (χ1n) is 7.38. The first kappa shape index (κ1) is 13.3. The molecule has 0 aromatic heterocycles. The van der Waals surface area contributed by atoms with E-state index in [4.69, 9.17) is 0 Å². The fraction of sp³-hybridized carbons (Fsp3) is 0.389. The molecule has 0 bridgehead atoms. The molecule has 0 aliphatic heterocycles. The van der Waals surface area contributed by atoms with Crippen LogP contribution in [0.3, 0.4) is 0 Å². The molecule has 1 saturated carbocycles. The van der Waals surface area contributed by atoms with Gasteiger partial charge in [0.05, 0.1) is 0 Å². The van der Waals surface area contributed by atoms with Gasteiger partial charge in [-0.3, -0.25) is 4.79 Å². The Bertz CT molecular complexity index is 647.